The number of carbonyl (C=O) groups is 1. The third-order valence-corrected chi connectivity index (χ3v) is 1.93. The van der Waals surface area contributed by atoms with E-state index in [0.29, 0.717) is 12.1 Å². The van der Waals surface area contributed by atoms with Crippen LogP contribution in [0.3, 0.4) is 0 Å². The van der Waals surface area contributed by atoms with Crippen LogP contribution in [0.1, 0.15) is 24.2 Å². The molecule has 0 atom stereocenters. The van der Waals surface area contributed by atoms with Crippen LogP contribution in [0.5, 0.6) is 0 Å². The zero-order chi connectivity index (χ0) is 10.6. The molecule has 1 N–H and O–H groups in total. The lowest BCUT2D eigenvalue weighted by atomic mass is 10.3. The third-order valence-electron chi connectivity index (χ3n) is 1.64. The molecule has 1 heterocycles. The van der Waals surface area contributed by atoms with Crippen LogP contribution in [-0.4, -0.2) is 12.5 Å². The molecule has 0 spiro atoms. The Balaban J connectivity index is 2.52. The molecule has 4 heteroatoms. The SMILES string of the molecule is CC(C)=CCNC(=O)c1ccoc1Cl. The normalized spacial score (nSPS) is 9.64. The second kappa shape index (κ2) is 4.86. The van der Waals surface area contributed by atoms with Gasteiger partial charge in [-0.05, 0) is 31.5 Å². The largest absolute Gasteiger partial charge is 0.452 e. The third kappa shape index (κ3) is 2.92. The van der Waals surface area contributed by atoms with Crippen molar-refractivity contribution in [3.8, 4) is 0 Å². The maximum atomic E-state index is 11.4. The summed E-state index contributed by atoms with van der Waals surface area (Å²) in [5.74, 6) is -0.221. The highest BCUT2D eigenvalue weighted by Gasteiger charge is 2.11. The fourth-order valence-corrected chi connectivity index (χ4v) is 1.10. The number of rotatable bonds is 3. The van der Waals surface area contributed by atoms with Gasteiger partial charge in [0, 0.05) is 6.54 Å². The molecular formula is C10H12ClNO2. The van der Waals surface area contributed by atoms with Gasteiger partial charge in [0.25, 0.3) is 5.91 Å². The Morgan fingerprint density at radius 2 is 2.36 bits per heavy atom. The molecule has 1 aromatic rings. The van der Waals surface area contributed by atoms with Gasteiger partial charge in [0.15, 0.2) is 0 Å². The van der Waals surface area contributed by atoms with Crippen molar-refractivity contribution < 1.29 is 9.21 Å². The van der Waals surface area contributed by atoms with Gasteiger partial charge >= 0.3 is 0 Å². The highest BCUT2D eigenvalue weighted by atomic mass is 35.5. The smallest absolute Gasteiger partial charge is 0.256 e. The van der Waals surface area contributed by atoms with Crippen LogP contribution < -0.4 is 5.32 Å². The predicted octanol–water partition coefficient (Wildman–Crippen LogP) is 2.63. The van der Waals surface area contributed by atoms with Crippen molar-refractivity contribution in [3.63, 3.8) is 0 Å². The molecule has 0 unspecified atom stereocenters. The van der Waals surface area contributed by atoms with Gasteiger partial charge in [-0.3, -0.25) is 4.79 Å². The topological polar surface area (TPSA) is 42.2 Å². The number of carbonyl (C=O) groups excluding carboxylic acids is 1. The van der Waals surface area contributed by atoms with E-state index in [4.69, 9.17) is 16.0 Å². The monoisotopic (exact) mass is 213 g/mol. The first-order valence-electron chi connectivity index (χ1n) is 4.26. The molecule has 0 saturated heterocycles. The fraction of sp³-hybridized carbons (Fsp3) is 0.300. The molecule has 1 aromatic heterocycles. The quantitative estimate of drug-likeness (QED) is 0.785. The molecule has 0 bridgehead atoms. The molecule has 0 aromatic carbocycles. The minimum absolute atomic E-state index is 0.125. The number of nitrogens with one attached hydrogen (secondary N) is 1. The fourth-order valence-electron chi connectivity index (χ4n) is 0.899. The van der Waals surface area contributed by atoms with Gasteiger partial charge in [0.05, 0.1) is 11.8 Å². The number of allylic oxidation sites excluding steroid dienone is 1. The molecular weight excluding hydrogens is 202 g/mol. The molecule has 14 heavy (non-hydrogen) atoms. The summed E-state index contributed by atoms with van der Waals surface area (Å²) in [7, 11) is 0. The van der Waals surface area contributed by atoms with Gasteiger partial charge in [-0.1, -0.05) is 11.6 Å². The summed E-state index contributed by atoms with van der Waals surface area (Å²) >= 11 is 5.63. The summed E-state index contributed by atoms with van der Waals surface area (Å²) in [4.78, 5) is 11.4. The molecule has 0 saturated carbocycles. The first-order chi connectivity index (χ1) is 6.61. The lowest BCUT2D eigenvalue weighted by molar-refractivity contribution is 0.0957. The lowest BCUT2D eigenvalue weighted by Crippen LogP contribution is -2.23. The maximum Gasteiger partial charge on any atom is 0.256 e. The second-order valence-electron chi connectivity index (χ2n) is 3.10. The average Bonchev–Trinajstić information content (AvgIpc) is 2.50. The van der Waals surface area contributed by atoms with Gasteiger partial charge in [0.2, 0.25) is 5.22 Å². The zero-order valence-corrected chi connectivity index (χ0v) is 8.89. The first kappa shape index (κ1) is 10.9. The van der Waals surface area contributed by atoms with Crippen LogP contribution in [-0.2, 0) is 0 Å². The standard InChI is InChI=1S/C10H12ClNO2/c1-7(2)3-5-12-10(13)8-4-6-14-9(8)11/h3-4,6H,5H2,1-2H3,(H,12,13). The van der Waals surface area contributed by atoms with E-state index in [0.717, 1.165) is 5.57 Å². The van der Waals surface area contributed by atoms with Crippen molar-refractivity contribution in [1.82, 2.24) is 5.32 Å². The van der Waals surface area contributed by atoms with Gasteiger partial charge in [-0.2, -0.15) is 0 Å². The Hall–Kier alpha value is -1.22. The predicted molar refractivity (Wildman–Crippen MR) is 55.5 cm³/mol. The Morgan fingerprint density at radius 3 is 2.86 bits per heavy atom. The summed E-state index contributed by atoms with van der Waals surface area (Å²) in [6, 6.07) is 1.54. The highest BCUT2D eigenvalue weighted by molar-refractivity contribution is 6.32. The summed E-state index contributed by atoms with van der Waals surface area (Å²) < 4.78 is 4.80. The van der Waals surface area contributed by atoms with Crippen molar-refractivity contribution in [1.29, 1.82) is 0 Å². The van der Waals surface area contributed by atoms with Crippen LogP contribution in [0.2, 0.25) is 5.22 Å². The Morgan fingerprint density at radius 1 is 1.64 bits per heavy atom. The number of hydrogen-bond donors (Lipinski definition) is 1. The number of furan rings is 1. The van der Waals surface area contributed by atoms with Crippen molar-refractivity contribution >= 4 is 17.5 Å². The highest BCUT2D eigenvalue weighted by Crippen LogP contribution is 2.15. The lowest BCUT2D eigenvalue weighted by Gasteiger charge is -1.99. The Kier molecular flexibility index (Phi) is 3.77. The second-order valence-corrected chi connectivity index (χ2v) is 3.44. The zero-order valence-electron chi connectivity index (χ0n) is 8.13. The van der Waals surface area contributed by atoms with Crippen LogP contribution in [0.25, 0.3) is 0 Å². The van der Waals surface area contributed by atoms with Crippen LogP contribution in [0.15, 0.2) is 28.4 Å². The van der Waals surface area contributed by atoms with Crippen molar-refractivity contribution in [3.05, 3.63) is 34.8 Å². The van der Waals surface area contributed by atoms with Crippen LogP contribution in [0.4, 0.5) is 0 Å². The van der Waals surface area contributed by atoms with Gasteiger partial charge in [-0.25, -0.2) is 0 Å². The van der Waals surface area contributed by atoms with Crippen molar-refractivity contribution in [2.45, 2.75) is 13.8 Å². The number of halogens is 1. The molecule has 0 aliphatic heterocycles. The molecule has 76 valence electrons. The minimum Gasteiger partial charge on any atom is -0.452 e. The first-order valence-corrected chi connectivity index (χ1v) is 4.63. The van der Waals surface area contributed by atoms with Gasteiger partial charge in [-0.15, -0.1) is 0 Å². The summed E-state index contributed by atoms with van der Waals surface area (Å²) in [5, 5.41) is 2.82. The number of amides is 1. The van der Waals surface area contributed by atoms with E-state index in [1.165, 1.54) is 6.26 Å². The average molecular weight is 214 g/mol. The van der Waals surface area contributed by atoms with Gasteiger partial charge in [0.1, 0.15) is 0 Å². The molecule has 1 rings (SSSR count). The van der Waals surface area contributed by atoms with E-state index in [2.05, 4.69) is 5.32 Å². The summed E-state index contributed by atoms with van der Waals surface area (Å²) in [6.45, 7) is 4.44. The van der Waals surface area contributed by atoms with E-state index >= 15 is 0 Å². The number of hydrogen-bond acceptors (Lipinski definition) is 2. The molecule has 0 fully saturated rings. The van der Waals surface area contributed by atoms with E-state index in [9.17, 15) is 4.79 Å². The maximum absolute atomic E-state index is 11.4. The Bertz CT molecular complexity index is 351. The van der Waals surface area contributed by atoms with E-state index < -0.39 is 0 Å². The molecule has 0 aliphatic rings. The Labute approximate surface area is 87.7 Å². The van der Waals surface area contributed by atoms with E-state index in [-0.39, 0.29) is 11.1 Å². The molecule has 0 radical (unpaired) electrons. The van der Waals surface area contributed by atoms with Gasteiger partial charge < -0.3 is 9.73 Å². The molecule has 1 amide bonds. The summed E-state index contributed by atoms with van der Waals surface area (Å²) in [6.07, 6.45) is 3.31. The van der Waals surface area contributed by atoms with Crippen LogP contribution >= 0.6 is 11.6 Å². The van der Waals surface area contributed by atoms with Crippen molar-refractivity contribution in [2.75, 3.05) is 6.54 Å². The molecule has 3 nitrogen and oxygen atoms in total. The minimum atomic E-state index is -0.221. The van der Waals surface area contributed by atoms with E-state index in [1.54, 1.807) is 6.07 Å². The van der Waals surface area contributed by atoms with Crippen LogP contribution in [0, 0.1) is 0 Å². The summed E-state index contributed by atoms with van der Waals surface area (Å²) in [5.41, 5.74) is 1.53. The molecule has 0 aliphatic carbocycles. The van der Waals surface area contributed by atoms with E-state index in [1.807, 2.05) is 19.9 Å². The van der Waals surface area contributed by atoms with Crippen molar-refractivity contribution in [2.24, 2.45) is 0 Å².